The second-order valence-corrected chi connectivity index (χ2v) is 3.22. The summed E-state index contributed by atoms with van der Waals surface area (Å²) in [6.45, 7) is 3.68. The van der Waals surface area contributed by atoms with Gasteiger partial charge in [-0.05, 0) is 6.42 Å². The standard InChI is InChI=1S/C9H16N2O3/c1-2-5-14-8(12)6-7-9(13)11-4-3-10-7/h7,10H,2-6H2,1H3,(H,11,13). The third-order valence-corrected chi connectivity index (χ3v) is 1.97. The van der Waals surface area contributed by atoms with Crippen molar-refractivity contribution in [3.8, 4) is 0 Å². The molecule has 0 saturated carbocycles. The van der Waals surface area contributed by atoms with Crippen LogP contribution in [0.4, 0.5) is 0 Å². The molecule has 5 nitrogen and oxygen atoms in total. The van der Waals surface area contributed by atoms with Crippen LogP contribution in [-0.4, -0.2) is 37.6 Å². The SMILES string of the molecule is CCCOC(=O)CC1NCCNC1=O. The third-order valence-electron chi connectivity index (χ3n) is 1.97. The maximum absolute atomic E-state index is 11.2. The largest absolute Gasteiger partial charge is 0.466 e. The number of ether oxygens (including phenoxy) is 1. The predicted molar refractivity (Wildman–Crippen MR) is 50.7 cm³/mol. The van der Waals surface area contributed by atoms with Crippen LogP contribution in [0.25, 0.3) is 0 Å². The summed E-state index contributed by atoms with van der Waals surface area (Å²) < 4.78 is 4.88. The Kier molecular flexibility index (Phi) is 4.39. The Morgan fingerprint density at radius 1 is 1.57 bits per heavy atom. The molecule has 0 bridgehead atoms. The van der Waals surface area contributed by atoms with Crippen LogP contribution >= 0.6 is 0 Å². The third kappa shape index (κ3) is 3.33. The molecule has 0 aromatic carbocycles. The number of carbonyl (C=O) groups excluding carboxylic acids is 2. The van der Waals surface area contributed by atoms with Crippen LogP contribution in [0.2, 0.25) is 0 Å². The van der Waals surface area contributed by atoms with E-state index in [-0.39, 0.29) is 18.3 Å². The van der Waals surface area contributed by atoms with Gasteiger partial charge in [-0.25, -0.2) is 0 Å². The van der Waals surface area contributed by atoms with E-state index in [1.165, 1.54) is 0 Å². The molecule has 1 amide bonds. The van der Waals surface area contributed by atoms with E-state index in [2.05, 4.69) is 10.6 Å². The van der Waals surface area contributed by atoms with Crippen molar-refractivity contribution in [2.75, 3.05) is 19.7 Å². The first-order chi connectivity index (χ1) is 6.74. The maximum Gasteiger partial charge on any atom is 0.307 e. The maximum atomic E-state index is 11.2. The van der Waals surface area contributed by atoms with Gasteiger partial charge in [0, 0.05) is 13.1 Å². The molecule has 1 aliphatic heterocycles. The van der Waals surface area contributed by atoms with Gasteiger partial charge in [0.2, 0.25) is 5.91 Å². The van der Waals surface area contributed by atoms with E-state index in [1.54, 1.807) is 0 Å². The lowest BCUT2D eigenvalue weighted by atomic mass is 10.1. The lowest BCUT2D eigenvalue weighted by Gasteiger charge is -2.22. The molecule has 2 N–H and O–H groups in total. The van der Waals surface area contributed by atoms with E-state index < -0.39 is 6.04 Å². The van der Waals surface area contributed by atoms with Crippen molar-refractivity contribution >= 4 is 11.9 Å². The average Bonchev–Trinajstić information content (AvgIpc) is 2.18. The zero-order valence-electron chi connectivity index (χ0n) is 8.34. The zero-order chi connectivity index (χ0) is 10.4. The smallest absolute Gasteiger partial charge is 0.307 e. The minimum Gasteiger partial charge on any atom is -0.466 e. The van der Waals surface area contributed by atoms with Gasteiger partial charge >= 0.3 is 5.97 Å². The van der Waals surface area contributed by atoms with Gasteiger partial charge in [-0.15, -0.1) is 0 Å². The minimum atomic E-state index is -0.423. The molecule has 1 heterocycles. The first-order valence-corrected chi connectivity index (χ1v) is 4.90. The van der Waals surface area contributed by atoms with E-state index in [0.29, 0.717) is 19.7 Å². The lowest BCUT2D eigenvalue weighted by Crippen LogP contribution is -2.53. The molecule has 0 aliphatic carbocycles. The Hall–Kier alpha value is -1.10. The molecule has 0 radical (unpaired) electrons. The number of amides is 1. The number of esters is 1. The highest BCUT2D eigenvalue weighted by Crippen LogP contribution is 1.98. The molecule has 14 heavy (non-hydrogen) atoms. The summed E-state index contributed by atoms with van der Waals surface area (Å²) in [5.74, 6) is -0.439. The summed E-state index contributed by atoms with van der Waals surface area (Å²) in [6, 6.07) is -0.423. The van der Waals surface area contributed by atoms with E-state index in [4.69, 9.17) is 4.74 Å². The zero-order valence-corrected chi connectivity index (χ0v) is 8.34. The summed E-state index contributed by atoms with van der Waals surface area (Å²) in [7, 11) is 0. The van der Waals surface area contributed by atoms with Crippen molar-refractivity contribution in [2.45, 2.75) is 25.8 Å². The molecule has 0 aromatic rings. The van der Waals surface area contributed by atoms with Crippen LogP contribution in [-0.2, 0) is 14.3 Å². The van der Waals surface area contributed by atoms with Crippen LogP contribution in [0, 0.1) is 0 Å². The quantitative estimate of drug-likeness (QED) is 0.596. The molecule has 5 heteroatoms. The van der Waals surface area contributed by atoms with Crippen molar-refractivity contribution < 1.29 is 14.3 Å². The van der Waals surface area contributed by atoms with Gasteiger partial charge in [-0.2, -0.15) is 0 Å². The second-order valence-electron chi connectivity index (χ2n) is 3.22. The highest BCUT2D eigenvalue weighted by molar-refractivity contribution is 5.87. The fraction of sp³-hybridized carbons (Fsp3) is 0.778. The minimum absolute atomic E-state index is 0.117. The van der Waals surface area contributed by atoms with Gasteiger partial charge < -0.3 is 15.4 Å². The number of piperazine rings is 1. The fourth-order valence-corrected chi connectivity index (χ4v) is 1.25. The van der Waals surface area contributed by atoms with Crippen molar-refractivity contribution in [3.05, 3.63) is 0 Å². The molecule has 1 fully saturated rings. The lowest BCUT2D eigenvalue weighted by molar-refractivity contribution is -0.146. The Balaban J connectivity index is 2.27. The molecular weight excluding hydrogens is 184 g/mol. The average molecular weight is 200 g/mol. The van der Waals surface area contributed by atoms with Crippen molar-refractivity contribution in [1.29, 1.82) is 0 Å². The highest BCUT2D eigenvalue weighted by Gasteiger charge is 2.24. The van der Waals surface area contributed by atoms with Crippen LogP contribution < -0.4 is 10.6 Å². The van der Waals surface area contributed by atoms with E-state index in [0.717, 1.165) is 6.42 Å². The Bertz CT molecular complexity index is 218. The molecule has 1 rings (SSSR count). The predicted octanol–water partition coefficient (Wildman–Crippen LogP) is -0.582. The molecule has 0 aromatic heterocycles. The monoisotopic (exact) mass is 200 g/mol. The van der Waals surface area contributed by atoms with Crippen LogP contribution in [0.3, 0.4) is 0 Å². The highest BCUT2D eigenvalue weighted by atomic mass is 16.5. The summed E-state index contributed by atoms with van der Waals surface area (Å²) in [4.78, 5) is 22.4. The molecule has 1 aliphatic rings. The van der Waals surface area contributed by atoms with Crippen LogP contribution in [0.1, 0.15) is 19.8 Å². The summed E-state index contributed by atoms with van der Waals surface area (Å²) in [5, 5.41) is 5.65. The topological polar surface area (TPSA) is 67.4 Å². The Labute approximate surface area is 83.2 Å². The van der Waals surface area contributed by atoms with Gasteiger partial charge in [0.25, 0.3) is 0 Å². The number of carbonyl (C=O) groups is 2. The van der Waals surface area contributed by atoms with Gasteiger partial charge in [0.05, 0.1) is 19.1 Å². The Morgan fingerprint density at radius 3 is 3.00 bits per heavy atom. The molecule has 1 saturated heterocycles. The Morgan fingerprint density at radius 2 is 2.36 bits per heavy atom. The van der Waals surface area contributed by atoms with Crippen molar-refractivity contribution in [1.82, 2.24) is 10.6 Å². The number of rotatable bonds is 4. The van der Waals surface area contributed by atoms with Gasteiger partial charge in [0.15, 0.2) is 0 Å². The fourth-order valence-electron chi connectivity index (χ4n) is 1.25. The first-order valence-electron chi connectivity index (χ1n) is 4.90. The normalized spacial score (nSPS) is 21.5. The molecule has 80 valence electrons. The molecule has 1 unspecified atom stereocenters. The number of nitrogens with one attached hydrogen (secondary N) is 2. The summed E-state index contributed by atoms with van der Waals surface area (Å²) >= 11 is 0. The summed E-state index contributed by atoms with van der Waals surface area (Å²) in [5.41, 5.74) is 0. The van der Waals surface area contributed by atoms with Crippen molar-refractivity contribution in [2.24, 2.45) is 0 Å². The second kappa shape index (κ2) is 5.59. The van der Waals surface area contributed by atoms with Crippen LogP contribution in [0.5, 0.6) is 0 Å². The first kappa shape index (κ1) is 11.0. The van der Waals surface area contributed by atoms with Gasteiger partial charge in [-0.1, -0.05) is 6.92 Å². The van der Waals surface area contributed by atoms with Crippen LogP contribution in [0.15, 0.2) is 0 Å². The van der Waals surface area contributed by atoms with E-state index in [9.17, 15) is 9.59 Å². The van der Waals surface area contributed by atoms with E-state index in [1.807, 2.05) is 6.92 Å². The van der Waals surface area contributed by atoms with Crippen molar-refractivity contribution in [3.63, 3.8) is 0 Å². The molecule has 0 spiro atoms. The molecular formula is C9H16N2O3. The number of hydrogen-bond donors (Lipinski definition) is 2. The summed E-state index contributed by atoms with van der Waals surface area (Å²) in [6.07, 6.45) is 0.919. The van der Waals surface area contributed by atoms with Gasteiger partial charge in [-0.3, -0.25) is 9.59 Å². The molecule has 1 atom stereocenters. The number of hydrogen-bond acceptors (Lipinski definition) is 4. The van der Waals surface area contributed by atoms with E-state index >= 15 is 0 Å². The van der Waals surface area contributed by atoms with Gasteiger partial charge in [0.1, 0.15) is 0 Å².